The molecule has 1 aromatic rings. The van der Waals surface area contributed by atoms with Crippen molar-refractivity contribution < 1.29 is 9.53 Å². The van der Waals surface area contributed by atoms with Crippen LogP contribution in [0.15, 0.2) is 87.6 Å². The van der Waals surface area contributed by atoms with Crippen LogP contribution >= 0.6 is 0 Å². The van der Waals surface area contributed by atoms with Gasteiger partial charge in [-0.1, -0.05) is 43.4 Å². The highest BCUT2D eigenvalue weighted by Gasteiger charge is 2.46. The van der Waals surface area contributed by atoms with Crippen LogP contribution in [0.2, 0.25) is 0 Å². The highest BCUT2D eigenvalue weighted by Crippen LogP contribution is 2.52. The van der Waals surface area contributed by atoms with E-state index < -0.39 is 5.54 Å². The second-order valence-electron chi connectivity index (χ2n) is 12.7. The third-order valence-corrected chi connectivity index (χ3v) is 10.6. The SMILES string of the molecule is CCOC(=O)C1CC=N/C=C\C2=C3CC(c4ccc5c(c4)C4CCN(CC)CC4N5CC)C=C4C=CC=CC43N=C2CC1. The first-order valence-electron chi connectivity index (χ1n) is 16.4. The number of hydrogen-bond acceptors (Lipinski definition) is 6. The van der Waals surface area contributed by atoms with Gasteiger partial charge in [0.05, 0.1) is 12.5 Å². The number of hydrogen-bond donors (Lipinski definition) is 0. The van der Waals surface area contributed by atoms with Crippen LogP contribution < -0.4 is 4.90 Å². The number of likely N-dealkylation sites (tertiary alicyclic amines) is 1. The summed E-state index contributed by atoms with van der Waals surface area (Å²) in [6, 6.07) is 7.91. The van der Waals surface area contributed by atoms with E-state index in [1.807, 2.05) is 19.3 Å². The maximum Gasteiger partial charge on any atom is 0.309 e. The fourth-order valence-corrected chi connectivity index (χ4v) is 8.40. The molecule has 1 saturated heterocycles. The van der Waals surface area contributed by atoms with Crippen molar-refractivity contribution in [2.45, 2.75) is 76.3 Å². The summed E-state index contributed by atoms with van der Waals surface area (Å²) in [6.45, 7) is 11.4. The first kappa shape index (κ1) is 28.3. The molecular formula is C37H44N4O2. The molecule has 0 bridgehead atoms. The summed E-state index contributed by atoms with van der Waals surface area (Å²) >= 11 is 0. The fraction of sp³-hybridized carbons (Fsp3) is 0.486. The van der Waals surface area contributed by atoms with Crippen molar-refractivity contribution in [3.63, 3.8) is 0 Å². The van der Waals surface area contributed by atoms with Crippen molar-refractivity contribution >= 4 is 23.6 Å². The zero-order valence-electron chi connectivity index (χ0n) is 25.8. The Balaban J connectivity index is 1.24. The Morgan fingerprint density at radius 3 is 2.86 bits per heavy atom. The molecule has 2 aliphatic carbocycles. The van der Waals surface area contributed by atoms with E-state index in [9.17, 15) is 4.79 Å². The summed E-state index contributed by atoms with van der Waals surface area (Å²) in [7, 11) is 0. The van der Waals surface area contributed by atoms with Crippen molar-refractivity contribution in [3.05, 3.63) is 88.7 Å². The van der Waals surface area contributed by atoms with Crippen LogP contribution in [-0.4, -0.2) is 67.2 Å². The first-order valence-corrected chi connectivity index (χ1v) is 16.4. The number of nitrogens with zero attached hydrogens (tertiary/aromatic N) is 4. The van der Waals surface area contributed by atoms with Crippen LogP contribution in [0.25, 0.3) is 0 Å². The Morgan fingerprint density at radius 1 is 1.12 bits per heavy atom. The van der Waals surface area contributed by atoms with Crippen LogP contribution in [0.3, 0.4) is 0 Å². The molecular weight excluding hydrogens is 532 g/mol. The summed E-state index contributed by atoms with van der Waals surface area (Å²) in [5.41, 5.74) is 8.84. The number of fused-ring (bicyclic) bond motifs is 4. The van der Waals surface area contributed by atoms with Gasteiger partial charge in [0.2, 0.25) is 0 Å². The first-order chi connectivity index (χ1) is 21.1. The molecule has 5 atom stereocenters. The molecule has 43 heavy (non-hydrogen) atoms. The lowest BCUT2D eigenvalue weighted by Crippen LogP contribution is -2.48. The lowest BCUT2D eigenvalue weighted by Gasteiger charge is -2.38. The van der Waals surface area contributed by atoms with Crippen LogP contribution in [-0.2, 0) is 9.53 Å². The van der Waals surface area contributed by atoms with Crippen LogP contribution in [0.1, 0.15) is 75.8 Å². The standard InChI is InChI=1S/C37H44N4O2/c1-4-40-20-16-29-31-22-26(11-13-34(31)41(5-2)35(29)24-40)27-21-28-9-7-8-17-37(28)32(23-27)30-15-19-38-18-14-25(36(42)43-6-3)10-12-33(30)39-37/h7-9,11,13,15,17-19,21-22,25,27,29,35H,4-6,10,12,14,16,20,23-24H2,1-3H3/b19-15-,38-18?. The quantitative estimate of drug-likeness (QED) is 0.367. The molecule has 6 nitrogen and oxygen atoms in total. The molecule has 0 aromatic heterocycles. The summed E-state index contributed by atoms with van der Waals surface area (Å²) in [4.78, 5) is 27.9. The molecule has 6 heteroatoms. The summed E-state index contributed by atoms with van der Waals surface area (Å²) in [5, 5.41) is 0. The number of benzene rings is 1. The van der Waals surface area contributed by atoms with Crippen molar-refractivity contribution in [2.24, 2.45) is 15.9 Å². The van der Waals surface area contributed by atoms with Crippen molar-refractivity contribution in [1.29, 1.82) is 0 Å². The number of ether oxygens (including phenoxy) is 1. The zero-order chi connectivity index (χ0) is 29.6. The van der Waals surface area contributed by atoms with Gasteiger partial charge in [-0.15, -0.1) is 0 Å². The Bertz CT molecular complexity index is 1510. The van der Waals surface area contributed by atoms with E-state index in [2.05, 4.69) is 83.3 Å². The van der Waals surface area contributed by atoms with E-state index in [1.54, 1.807) is 5.56 Å². The molecule has 224 valence electrons. The molecule has 1 spiro atoms. The molecule has 4 heterocycles. The van der Waals surface area contributed by atoms with Crippen LogP contribution in [0.4, 0.5) is 5.69 Å². The lowest BCUT2D eigenvalue weighted by molar-refractivity contribution is -0.147. The zero-order valence-corrected chi connectivity index (χ0v) is 25.8. The lowest BCUT2D eigenvalue weighted by atomic mass is 9.69. The Morgan fingerprint density at radius 2 is 2.02 bits per heavy atom. The van der Waals surface area contributed by atoms with Gasteiger partial charge >= 0.3 is 5.97 Å². The Kier molecular flexibility index (Phi) is 7.58. The maximum atomic E-state index is 12.7. The van der Waals surface area contributed by atoms with Gasteiger partial charge in [0.1, 0.15) is 5.54 Å². The van der Waals surface area contributed by atoms with Gasteiger partial charge in [-0.2, -0.15) is 0 Å². The number of likely N-dealkylation sites (N-methyl/N-ethyl adjacent to an activating group) is 2. The minimum absolute atomic E-state index is 0.135. The van der Waals surface area contributed by atoms with Crippen molar-refractivity contribution in [3.8, 4) is 0 Å². The summed E-state index contributed by atoms with van der Waals surface area (Å²) < 4.78 is 5.39. The third-order valence-electron chi connectivity index (χ3n) is 10.6. The molecule has 1 fully saturated rings. The predicted octanol–water partition coefficient (Wildman–Crippen LogP) is 6.68. The number of carbonyl (C=O) groups is 1. The summed E-state index contributed by atoms with van der Waals surface area (Å²) in [5.74, 6) is 0.561. The summed E-state index contributed by atoms with van der Waals surface area (Å²) in [6.07, 6.45) is 21.4. The molecule has 0 amide bonds. The van der Waals surface area contributed by atoms with Crippen molar-refractivity contribution in [1.82, 2.24) is 4.90 Å². The predicted molar refractivity (Wildman–Crippen MR) is 175 cm³/mol. The minimum Gasteiger partial charge on any atom is -0.466 e. The number of carbonyl (C=O) groups excluding carboxylic acids is 1. The van der Waals surface area contributed by atoms with Gasteiger partial charge in [0.25, 0.3) is 0 Å². The molecule has 0 radical (unpaired) electrons. The van der Waals surface area contributed by atoms with E-state index in [0.29, 0.717) is 31.4 Å². The van der Waals surface area contributed by atoms with E-state index >= 15 is 0 Å². The van der Waals surface area contributed by atoms with Gasteiger partial charge in [-0.05, 0) is 105 Å². The number of allylic oxidation sites excluding steroid dienone is 5. The van der Waals surface area contributed by atoms with Crippen LogP contribution in [0, 0.1) is 5.92 Å². The number of aliphatic imine (C=N–C) groups is 2. The molecule has 5 unspecified atom stereocenters. The number of anilines is 1. The number of piperidine rings is 1. The minimum atomic E-state index is -0.453. The molecule has 0 saturated carbocycles. The highest BCUT2D eigenvalue weighted by atomic mass is 16.5. The average Bonchev–Trinajstić information content (AvgIpc) is 3.52. The molecule has 1 aromatic carbocycles. The maximum absolute atomic E-state index is 12.7. The average molecular weight is 577 g/mol. The smallest absolute Gasteiger partial charge is 0.309 e. The van der Waals surface area contributed by atoms with Crippen molar-refractivity contribution in [2.75, 3.05) is 37.7 Å². The van der Waals surface area contributed by atoms with Gasteiger partial charge in [-0.25, -0.2) is 0 Å². The molecule has 0 N–H and O–H groups in total. The normalized spacial score (nSPS) is 31.8. The van der Waals surface area contributed by atoms with Gasteiger partial charge in [0.15, 0.2) is 0 Å². The van der Waals surface area contributed by atoms with E-state index in [1.165, 1.54) is 40.9 Å². The number of rotatable bonds is 5. The topological polar surface area (TPSA) is 57.5 Å². The fourth-order valence-electron chi connectivity index (χ4n) is 8.40. The van der Waals surface area contributed by atoms with Gasteiger partial charge in [0, 0.05) is 54.8 Å². The second-order valence-corrected chi connectivity index (χ2v) is 12.7. The Hall–Kier alpha value is -3.51. The monoisotopic (exact) mass is 576 g/mol. The van der Waals surface area contributed by atoms with E-state index in [-0.39, 0.29) is 17.8 Å². The van der Waals surface area contributed by atoms with Gasteiger partial charge in [-0.3, -0.25) is 14.8 Å². The molecule has 6 aliphatic rings. The molecule has 7 rings (SSSR count). The van der Waals surface area contributed by atoms with E-state index in [4.69, 9.17) is 9.73 Å². The van der Waals surface area contributed by atoms with Gasteiger partial charge < -0.3 is 14.5 Å². The number of esters is 1. The highest BCUT2D eigenvalue weighted by molar-refractivity contribution is 6.07. The Labute approximate surface area is 256 Å². The van der Waals surface area contributed by atoms with Crippen LogP contribution in [0.5, 0.6) is 0 Å². The largest absolute Gasteiger partial charge is 0.466 e. The second kappa shape index (κ2) is 11.5. The third kappa shape index (κ3) is 4.79. The molecule has 4 aliphatic heterocycles. The van der Waals surface area contributed by atoms with E-state index in [0.717, 1.165) is 38.2 Å².